The lowest BCUT2D eigenvalue weighted by Crippen LogP contribution is -2.31. The Labute approximate surface area is 135 Å². The first-order valence-corrected chi connectivity index (χ1v) is 7.50. The number of carbonyl (C=O) groups excluding carboxylic acids is 1. The van der Waals surface area contributed by atoms with Crippen LogP contribution in [0.4, 0.5) is 10.5 Å². The Balaban J connectivity index is 1.97. The maximum absolute atomic E-state index is 12.1. The molecule has 0 radical (unpaired) electrons. The molecule has 23 heavy (non-hydrogen) atoms. The van der Waals surface area contributed by atoms with Gasteiger partial charge in [0.15, 0.2) is 5.82 Å². The van der Waals surface area contributed by atoms with Crippen LogP contribution in [0.1, 0.15) is 44.1 Å². The molecule has 1 aromatic carbocycles. The quantitative estimate of drug-likeness (QED) is 0.882. The van der Waals surface area contributed by atoms with Crippen molar-refractivity contribution < 1.29 is 14.1 Å². The first kappa shape index (κ1) is 16.8. The molecule has 2 amide bonds. The number of nitrogens with one attached hydrogen (secondary N) is 2. The molecule has 1 heterocycles. The van der Waals surface area contributed by atoms with Crippen LogP contribution >= 0.6 is 0 Å². The van der Waals surface area contributed by atoms with E-state index in [1.807, 2.05) is 39.0 Å². The number of nitrogens with zero attached hydrogens (tertiary/aromatic N) is 2. The molecule has 7 nitrogen and oxygen atoms in total. The van der Waals surface area contributed by atoms with Crippen molar-refractivity contribution in [2.24, 2.45) is 0 Å². The lowest BCUT2D eigenvalue weighted by atomic mass is 10.2. The summed E-state index contributed by atoms with van der Waals surface area (Å²) in [6.07, 6.45) is 0.107. The fourth-order valence-corrected chi connectivity index (χ4v) is 2.03. The van der Waals surface area contributed by atoms with Crippen LogP contribution in [0.3, 0.4) is 0 Å². The molecule has 1 aromatic heterocycles. The Morgan fingerprint density at radius 2 is 2.00 bits per heavy atom. The maximum atomic E-state index is 12.1. The van der Waals surface area contributed by atoms with E-state index in [0.717, 1.165) is 11.3 Å². The number of carbonyl (C=O) groups is 1. The molecule has 1 atom stereocenters. The highest BCUT2D eigenvalue weighted by Crippen LogP contribution is 2.22. The van der Waals surface area contributed by atoms with Gasteiger partial charge in [0.25, 0.3) is 0 Å². The molecule has 0 aliphatic heterocycles. The summed E-state index contributed by atoms with van der Waals surface area (Å²) in [6.45, 7) is 9.35. The largest absolute Gasteiger partial charge is 0.491 e. The highest BCUT2D eigenvalue weighted by atomic mass is 16.5. The molecule has 2 N–H and O–H groups in total. The van der Waals surface area contributed by atoms with Gasteiger partial charge in [-0.15, -0.1) is 0 Å². The normalized spacial score (nSPS) is 12.1. The van der Waals surface area contributed by atoms with Gasteiger partial charge in [-0.1, -0.05) is 5.16 Å². The van der Waals surface area contributed by atoms with Crippen molar-refractivity contribution >= 4 is 11.7 Å². The Morgan fingerprint density at radius 1 is 1.26 bits per heavy atom. The average molecular weight is 318 g/mol. The molecule has 0 aliphatic carbocycles. The smallest absolute Gasteiger partial charge is 0.319 e. The number of urea groups is 1. The van der Waals surface area contributed by atoms with E-state index in [-0.39, 0.29) is 18.2 Å². The van der Waals surface area contributed by atoms with Gasteiger partial charge in [-0.05, 0) is 58.4 Å². The number of aromatic nitrogens is 2. The topological polar surface area (TPSA) is 89.3 Å². The standard InChI is InChI=1S/C16H22N4O3/c1-9(2)22-13-6-7-14(10(3)8-13)19-16(21)17-11(4)15-18-12(5)20-23-15/h6-9,11H,1-5H3,(H2,17,19,21). The predicted octanol–water partition coefficient (Wildman–Crippen LogP) is 3.36. The Kier molecular flexibility index (Phi) is 5.20. The van der Waals surface area contributed by atoms with Gasteiger partial charge in [-0.25, -0.2) is 4.79 Å². The van der Waals surface area contributed by atoms with E-state index in [0.29, 0.717) is 17.4 Å². The molecular weight excluding hydrogens is 296 g/mol. The van der Waals surface area contributed by atoms with Crippen LogP contribution in [-0.2, 0) is 0 Å². The number of benzene rings is 1. The molecule has 0 spiro atoms. The second-order valence-electron chi connectivity index (χ2n) is 5.64. The summed E-state index contributed by atoms with van der Waals surface area (Å²) in [5.41, 5.74) is 1.63. The van der Waals surface area contributed by atoms with Crippen molar-refractivity contribution in [1.29, 1.82) is 0 Å². The van der Waals surface area contributed by atoms with Gasteiger partial charge in [0.05, 0.1) is 6.10 Å². The van der Waals surface area contributed by atoms with Gasteiger partial charge in [0.2, 0.25) is 5.89 Å². The summed E-state index contributed by atoms with van der Waals surface area (Å²) >= 11 is 0. The molecule has 2 rings (SSSR count). The van der Waals surface area contributed by atoms with Gasteiger partial charge in [0.1, 0.15) is 11.8 Å². The minimum absolute atomic E-state index is 0.107. The van der Waals surface area contributed by atoms with E-state index >= 15 is 0 Å². The first-order chi connectivity index (χ1) is 10.8. The average Bonchev–Trinajstić information content (AvgIpc) is 2.88. The first-order valence-electron chi connectivity index (χ1n) is 7.50. The third-order valence-corrected chi connectivity index (χ3v) is 3.08. The number of hydrogen-bond donors (Lipinski definition) is 2. The molecule has 7 heteroatoms. The van der Waals surface area contributed by atoms with Crippen molar-refractivity contribution in [3.63, 3.8) is 0 Å². The van der Waals surface area contributed by atoms with Crippen molar-refractivity contribution in [2.45, 2.75) is 46.8 Å². The summed E-state index contributed by atoms with van der Waals surface area (Å²) in [7, 11) is 0. The monoisotopic (exact) mass is 318 g/mol. The molecule has 0 saturated carbocycles. The van der Waals surface area contributed by atoms with Crippen LogP contribution in [0, 0.1) is 13.8 Å². The second-order valence-corrected chi connectivity index (χ2v) is 5.64. The number of amides is 2. The predicted molar refractivity (Wildman–Crippen MR) is 86.5 cm³/mol. The van der Waals surface area contributed by atoms with Gasteiger partial charge in [-0.3, -0.25) is 0 Å². The fraction of sp³-hybridized carbons (Fsp3) is 0.438. The summed E-state index contributed by atoms with van der Waals surface area (Å²) < 4.78 is 10.7. The zero-order valence-corrected chi connectivity index (χ0v) is 14.0. The van der Waals surface area contributed by atoms with Gasteiger partial charge in [-0.2, -0.15) is 4.98 Å². The zero-order valence-electron chi connectivity index (χ0n) is 14.0. The highest BCUT2D eigenvalue weighted by molar-refractivity contribution is 5.90. The maximum Gasteiger partial charge on any atom is 0.319 e. The number of aryl methyl sites for hydroxylation is 2. The molecule has 0 saturated heterocycles. The van der Waals surface area contributed by atoms with Crippen molar-refractivity contribution in [3.8, 4) is 5.75 Å². The van der Waals surface area contributed by atoms with Crippen LogP contribution in [0.2, 0.25) is 0 Å². The summed E-state index contributed by atoms with van der Waals surface area (Å²) in [5, 5.41) is 9.26. The SMILES string of the molecule is Cc1noc(C(C)NC(=O)Nc2ccc(OC(C)C)cc2C)n1. The number of anilines is 1. The third kappa shape index (κ3) is 4.70. The summed E-state index contributed by atoms with van der Waals surface area (Å²) in [6, 6.07) is 4.82. The van der Waals surface area contributed by atoms with E-state index in [2.05, 4.69) is 20.8 Å². The molecular formula is C16H22N4O3. The van der Waals surface area contributed by atoms with Crippen LogP contribution in [0.15, 0.2) is 22.7 Å². The highest BCUT2D eigenvalue weighted by Gasteiger charge is 2.16. The zero-order chi connectivity index (χ0) is 17.0. The van der Waals surface area contributed by atoms with Crippen molar-refractivity contribution in [1.82, 2.24) is 15.5 Å². The van der Waals surface area contributed by atoms with E-state index in [9.17, 15) is 4.79 Å². The Hall–Kier alpha value is -2.57. The lowest BCUT2D eigenvalue weighted by Gasteiger charge is -2.15. The second kappa shape index (κ2) is 7.13. The van der Waals surface area contributed by atoms with E-state index in [1.165, 1.54) is 0 Å². The molecule has 124 valence electrons. The fourth-order valence-electron chi connectivity index (χ4n) is 2.03. The molecule has 2 aromatic rings. The summed E-state index contributed by atoms with van der Waals surface area (Å²) in [4.78, 5) is 16.2. The van der Waals surface area contributed by atoms with E-state index < -0.39 is 0 Å². The van der Waals surface area contributed by atoms with Crippen molar-refractivity contribution in [2.75, 3.05) is 5.32 Å². The van der Waals surface area contributed by atoms with E-state index in [4.69, 9.17) is 9.26 Å². The number of hydrogen-bond acceptors (Lipinski definition) is 5. The number of rotatable bonds is 5. The molecule has 0 bridgehead atoms. The minimum atomic E-state index is -0.375. The minimum Gasteiger partial charge on any atom is -0.491 e. The summed E-state index contributed by atoms with van der Waals surface area (Å²) in [5.74, 6) is 1.68. The molecule has 0 aliphatic rings. The third-order valence-electron chi connectivity index (χ3n) is 3.08. The van der Waals surface area contributed by atoms with E-state index in [1.54, 1.807) is 13.8 Å². The number of ether oxygens (including phenoxy) is 1. The Morgan fingerprint density at radius 3 is 2.57 bits per heavy atom. The lowest BCUT2D eigenvalue weighted by molar-refractivity contribution is 0.242. The van der Waals surface area contributed by atoms with Crippen LogP contribution < -0.4 is 15.4 Å². The van der Waals surface area contributed by atoms with Crippen molar-refractivity contribution in [3.05, 3.63) is 35.5 Å². The molecule has 0 fully saturated rings. The molecule has 1 unspecified atom stereocenters. The Bertz CT molecular complexity index is 682. The van der Waals surface area contributed by atoms with Gasteiger partial charge in [0, 0.05) is 5.69 Å². The van der Waals surface area contributed by atoms with Crippen LogP contribution in [-0.4, -0.2) is 22.3 Å². The van der Waals surface area contributed by atoms with Gasteiger partial charge < -0.3 is 19.9 Å². The van der Waals surface area contributed by atoms with Crippen LogP contribution in [0.25, 0.3) is 0 Å². The van der Waals surface area contributed by atoms with Gasteiger partial charge >= 0.3 is 6.03 Å². The van der Waals surface area contributed by atoms with Crippen LogP contribution in [0.5, 0.6) is 5.75 Å².